The van der Waals surface area contributed by atoms with Gasteiger partial charge in [-0.25, -0.2) is 8.42 Å². The van der Waals surface area contributed by atoms with Gasteiger partial charge in [-0.05, 0) is 78.3 Å². The van der Waals surface area contributed by atoms with Crippen molar-refractivity contribution in [3.8, 4) is 5.75 Å². The molecule has 5 N–H and O–H groups in total. The molecule has 1 aliphatic carbocycles. The highest BCUT2D eigenvalue weighted by Crippen LogP contribution is 2.35. The first-order valence-electron chi connectivity index (χ1n) is 14.2. The average molecular weight is 596 g/mol. The Bertz CT molecular complexity index is 1450. The van der Waals surface area contributed by atoms with Gasteiger partial charge >= 0.3 is 0 Å². The highest BCUT2D eigenvalue weighted by atomic mass is 32.2. The molecular weight excluding hydrogens is 554 g/mol. The van der Waals surface area contributed by atoms with Crippen molar-refractivity contribution in [1.29, 1.82) is 0 Å². The smallest absolute Gasteiger partial charge is 0.251 e. The fourth-order valence-electron chi connectivity index (χ4n) is 5.30. The van der Waals surface area contributed by atoms with Gasteiger partial charge in [0, 0.05) is 24.7 Å². The van der Waals surface area contributed by atoms with Crippen molar-refractivity contribution in [2.75, 3.05) is 20.2 Å². The molecule has 3 aromatic rings. The summed E-state index contributed by atoms with van der Waals surface area (Å²) in [6.07, 6.45) is -0.373. The van der Waals surface area contributed by atoms with Crippen molar-refractivity contribution in [2.45, 2.75) is 62.3 Å². The summed E-state index contributed by atoms with van der Waals surface area (Å²) in [4.78, 5) is 13.6. The molecule has 9 nitrogen and oxygen atoms in total. The van der Waals surface area contributed by atoms with Crippen LogP contribution < -0.4 is 15.8 Å². The lowest BCUT2D eigenvalue weighted by atomic mass is 9.85. The van der Waals surface area contributed by atoms with E-state index in [1.165, 1.54) is 23.5 Å². The quantitative estimate of drug-likeness (QED) is 0.251. The van der Waals surface area contributed by atoms with Crippen LogP contribution in [0.4, 0.5) is 0 Å². The third kappa shape index (κ3) is 7.56. The second kappa shape index (κ2) is 13.8. The zero-order valence-electron chi connectivity index (χ0n) is 24.3. The van der Waals surface area contributed by atoms with Crippen molar-refractivity contribution in [3.63, 3.8) is 0 Å². The van der Waals surface area contributed by atoms with Gasteiger partial charge in [0.15, 0.2) is 0 Å². The Kier molecular flexibility index (Phi) is 10.4. The zero-order valence-corrected chi connectivity index (χ0v) is 25.1. The van der Waals surface area contributed by atoms with E-state index >= 15 is 0 Å². The molecule has 4 rings (SSSR count). The summed E-state index contributed by atoms with van der Waals surface area (Å²) in [6.45, 7) is 3.78. The number of fused-ring (bicyclic) bond motifs is 1. The van der Waals surface area contributed by atoms with Crippen LogP contribution in [-0.2, 0) is 16.4 Å². The third-order valence-electron chi connectivity index (χ3n) is 7.59. The highest BCUT2D eigenvalue weighted by molar-refractivity contribution is 7.89. The van der Waals surface area contributed by atoms with Gasteiger partial charge in [0.05, 0.1) is 30.3 Å². The topological polar surface area (TPSA) is 142 Å². The number of nitrogens with zero attached hydrogens (tertiary/aromatic N) is 1. The number of hydrogen-bond acceptors (Lipinski definition) is 7. The molecule has 3 aromatic carbocycles. The van der Waals surface area contributed by atoms with E-state index in [0.29, 0.717) is 24.2 Å². The summed E-state index contributed by atoms with van der Waals surface area (Å²) in [7, 11) is -2.45. The molecular formula is C32H41N3O6S. The van der Waals surface area contributed by atoms with Gasteiger partial charge in [-0.2, -0.15) is 4.31 Å². The van der Waals surface area contributed by atoms with Crippen LogP contribution in [0.2, 0.25) is 0 Å². The van der Waals surface area contributed by atoms with Crippen molar-refractivity contribution in [1.82, 2.24) is 9.62 Å². The first-order chi connectivity index (χ1) is 20.0. The number of aliphatic hydroxyl groups excluding tert-OH is 2. The summed E-state index contributed by atoms with van der Waals surface area (Å²) >= 11 is 0. The molecule has 0 fully saturated rings. The summed E-state index contributed by atoms with van der Waals surface area (Å²) in [6, 6.07) is 19.5. The number of amides is 1. The van der Waals surface area contributed by atoms with Gasteiger partial charge in [-0.15, -0.1) is 0 Å². The number of carbonyl (C=O) groups is 1. The van der Waals surface area contributed by atoms with Crippen molar-refractivity contribution >= 4 is 15.9 Å². The third-order valence-corrected chi connectivity index (χ3v) is 9.44. The molecule has 0 saturated heterocycles. The standard InChI is InChI=1S/C32H41N3O6S/c1-21(2)19-35(42(39,40)25-12-10-24(41-3)11-13-25)20-31(37)29(17-22-7-5-4-6-8-22)34-32(38)23-9-14-26-27(18-23)28(33)15-16-30(26)36/h4-14,18,21,28-31,36-37H,15-17,19-20,33H2,1-3H3,(H,34,38)/t28-,29-,30-,31+/m0/s1. The van der Waals surface area contributed by atoms with Crippen LogP contribution in [0.25, 0.3) is 0 Å². The minimum absolute atomic E-state index is 0.0116. The average Bonchev–Trinajstić information content (AvgIpc) is 2.98. The Morgan fingerprint density at radius 2 is 1.71 bits per heavy atom. The normalized spacial score (nSPS) is 18.4. The van der Waals surface area contributed by atoms with Gasteiger partial charge < -0.3 is 26.0 Å². The predicted octanol–water partition coefficient (Wildman–Crippen LogP) is 3.57. The SMILES string of the molecule is COc1ccc(S(=O)(=O)N(CC(C)C)C[C@@H](O)[C@H](Cc2ccccc2)NC(=O)c2ccc3c(c2)[C@@H](N)CC[C@@H]3O)cc1. The molecule has 0 unspecified atom stereocenters. The first kappa shape index (κ1) is 31.7. The zero-order chi connectivity index (χ0) is 30.4. The molecule has 0 heterocycles. The van der Waals surface area contributed by atoms with E-state index in [0.717, 1.165) is 16.7 Å². The first-order valence-corrected chi connectivity index (χ1v) is 15.7. The Balaban J connectivity index is 1.60. The Morgan fingerprint density at radius 3 is 2.36 bits per heavy atom. The molecule has 0 aromatic heterocycles. The predicted molar refractivity (Wildman–Crippen MR) is 162 cm³/mol. The van der Waals surface area contributed by atoms with Crippen molar-refractivity contribution in [2.24, 2.45) is 11.7 Å². The van der Waals surface area contributed by atoms with Crippen LogP contribution in [0.1, 0.15) is 65.9 Å². The number of nitrogens with two attached hydrogens (primary N) is 1. The number of carbonyl (C=O) groups excluding carboxylic acids is 1. The van der Waals surface area contributed by atoms with E-state index < -0.39 is 34.2 Å². The molecule has 0 bridgehead atoms. The fourth-order valence-corrected chi connectivity index (χ4v) is 6.92. The number of methoxy groups -OCH3 is 1. The van der Waals surface area contributed by atoms with Crippen LogP contribution in [-0.4, -0.2) is 61.2 Å². The maximum Gasteiger partial charge on any atom is 0.251 e. The number of hydrogen-bond donors (Lipinski definition) is 4. The monoisotopic (exact) mass is 595 g/mol. The Morgan fingerprint density at radius 1 is 1.02 bits per heavy atom. The largest absolute Gasteiger partial charge is 0.497 e. The molecule has 10 heteroatoms. The fraction of sp³-hybridized carbons (Fsp3) is 0.406. The van der Waals surface area contributed by atoms with E-state index in [1.807, 2.05) is 44.2 Å². The molecule has 0 radical (unpaired) electrons. The maximum absolute atomic E-state index is 13.7. The van der Waals surface area contributed by atoms with Gasteiger partial charge in [0.25, 0.3) is 5.91 Å². The number of nitrogens with one attached hydrogen (secondary N) is 1. The van der Waals surface area contributed by atoms with Crippen LogP contribution in [0, 0.1) is 5.92 Å². The second-order valence-corrected chi connectivity index (χ2v) is 13.2. The molecule has 226 valence electrons. The van der Waals surface area contributed by atoms with E-state index in [1.54, 1.807) is 30.3 Å². The summed E-state index contributed by atoms with van der Waals surface area (Å²) in [5.41, 5.74) is 8.97. The van der Waals surface area contributed by atoms with Crippen molar-refractivity contribution < 1.29 is 28.2 Å². The summed E-state index contributed by atoms with van der Waals surface area (Å²) in [5.74, 6) is 0.105. The number of rotatable bonds is 12. The number of benzene rings is 3. The van der Waals surface area contributed by atoms with Crippen LogP contribution in [0.15, 0.2) is 77.7 Å². The Labute approximate surface area is 248 Å². The van der Waals surface area contributed by atoms with Gasteiger partial charge in [-0.3, -0.25) is 4.79 Å². The lowest BCUT2D eigenvalue weighted by Crippen LogP contribution is -2.51. The van der Waals surface area contributed by atoms with E-state index in [4.69, 9.17) is 10.5 Å². The number of sulfonamides is 1. The van der Waals surface area contributed by atoms with Crippen LogP contribution in [0.3, 0.4) is 0 Å². The molecule has 4 atom stereocenters. The number of ether oxygens (including phenoxy) is 1. The lowest BCUT2D eigenvalue weighted by Gasteiger charge is -2.31. The molecule has 42 heavy (non-hydrogen) atoms. The minimum atomic E-state index is -3.96. The second-order valence-electron chi connectivity index (χ2n) is 11.3. The minimum Gasteiger partial charge on any atom is -0.497 e. The van der Waals surface area contributed by atoms with E-state index in [2.05, 4.69) is 5.32 Å². The molecule has 0 spiro atoms. The van der Waals surface area contributed by atoms with Gasteiger partial charge in [-0.1, -0.05) is 50.2 Å². The molecule has 1 aliphatic rings. The highest BCUT2D eigenvalue weighted by Gasteiger charge is 2.32. The van der Waals surface area contributed by atoms with Crippen LogP contribution in [0.5, 0.6) is 5.75 Å². The van der Waals surface area contributed by atoms with Crippen LogP contribution >= 0.6 is 0 Å². The van der Waals surface area contributed by atoms with Gasteiger partial charge in [0.1, 0.15) is 5.75 Å². The van der Waals surface area contributed by atoms with E-state index in [9.17, 15) is 23.4 Å². The molecule has 1 amide bonds. The van der Waals surface area contributed by atoms with Gasteiger partial charge in [0.2, 0.25) is 10.0 Å². The summed E-state index contributed by atoms with van der Waals surface area (Å²) in [5, 5.41) is 24.8. The Hall–Kier alpha value is -3.28. The van der Waals surface area contributed by atoms with E-state index in [-0.39, 0.29) is 36.4 Å². The molecule has 0 saturated carbocycles. The maximum atomic E-state index is 13.7. The molecule has 0 aliphatic heterocycles. The number of aliphatic hydroxyl groups is 2. The van der Waals surface area contributed by atoms with Crippen molar-refractivity contribution in [3.05, 3.63) is 95.1 Å². The summed E-state index contributed by atoms with van der Waals surface area (Å²) < 4.78 is 33.8. The lowest BCUT2D eigenvalue weighted by molar-refractivity contribution is 0.0775.